The molecule has 2 aromatic carbocycles. The quantitative estimate of drug-likeness (QED) is 0.852. The fourth-order valence-corrected chi connectivity index (χ4v) is 3.29. The summed E-state index contributed by atoms with van der Waals surface area (Å²) in [5.74, 6) is 0.801. The second kappa shape index (κ2) is 7.58. The maximum absolute atomic E-state index is 12.9. The van der Waals surface area contributed by atoms with Crippen molar-refractivity contribution in [1.82, 2.24) is 5.01 Å². The number of hydrazone groups is 1. The third kappa shape index (κ3) is 3.77. The zero-order chi connectivity index (χ0) is 19.6. The molecular formula is C20H21ClN2O4. The molecule has 142 valence electrons. The molecule has 0 unspecified atom stereocenters. The van der Waals surface area contributed by atoms with Crippen molar-refractivity contribution < 1.29 is 19.4 Å². The van der Waals surface area contributed by atoms with Crippen LogP contribution in [-0.4, -0.2) is 36.0 Å². The van der Waals surface area contributed by atoms with E-state index in [0.717, 1.165) is 10.6 Å². The van der Waals surface area contributed by atoms with Gasteiger partial charge in [-0.3, -0.25) is 4.79 Å². The predicted octanol–water partition coefficient (Wildman–Crippen LogP) is 3.35. The lowest BCUT2D eigenvalue weighted by Gasteiger charge is -2.31. The van der Waals surface area contributed by atoms with Gasteiger partial charge in [0.1, 0.15) is 0 Å². The summed E-state index contributed by atoms with van der Waals surface area (Å²) in [6.45, 7) is 1.78. The van der Waals surface area contributed by atoms with E-state index in [2.05, 4.69) is 5.10 Å². The van der Waals surface area contributed by atoms with Gasteiger partial charge in [0.25, 0.3) is 0 Å². The molecule has 6 nitrogen and oxygen atoms in total. The number of hydrogen-bond acceptors (Lipinski definition) is 5. The molecule has 27 heavy (non-hydrogen) atoms. The third-order valence-electron chi connectivity index (χ3n) is 4.47. The van der Waals surface area contributed by atoms with Gasteiger partial charge in [0.05, 0.1) is 20.6 Å². The number of nitrogens with zero attached hydrogens (tertiary/aromatic N) is 2. The lowest BCUT2D eigenvalue weighted by Crippen LogP contribution is -2.44. The molecule has 1 heterocycles. The smallest absolute Gasteiger partial charge is 0.250 e. The highest BCUT2D eigenvalue weighted by molar-refractivity contribution is 6.30. The van der Waals surface area contributed by atoms with E-state index in [4.69, 9.17) is 21.1 Å². The molecule has 3 rings (SSSR count). The monoisotopic (exact) mass is 388 g/mol. The van der Waals surface area contributed by atoms with E-state index in [1.165, 1.54) is 7.11 Å². The lowest BCUT2D eigenvalue weighted by atomic mass is 9.97. The Bertz CT molecular complexity index is 882. The zero-order valence-electron chi connectivity index (χ0n) is 15.4. The van der Waals surface area contributed by atoms with Crippen LogP contribution in [0.25, 0.3) is 0 Å². The first-order chi connectivity index (χ1) is 12.9. The first-order valence-electron chi connectivity index (χ1n) is 8.44. The molecule has 1 N–H and O–H groups in total. The van der Waals surface area contributed by atoms with Crippen molar-refractivity contribution in [3.05, 3.63) is 58.6 Å². The van der Waals surface area contributed by atoms with Crippen molar-refractivity contribution in [2.75, 3.05) is 14.2 Å². The molecule has 1 aliphatic heterocycles. The van der Waals surface area contributed by atoms with E-state index in [1.54, 1.807) is 56.5 Å². The van der Waals surface area contributed by atoms with Gasteiger partial charge in [0, 0.05) is 22.7 Å². The Morgan fingerprint density at radius 3 is 2.48 bits per heavy atom. The van der Waals surface area contributed by atoms with Crippen LogP contribution < -0.4 is 9.47 Å². The summed E-state index contributed by atoms with van der Waals surface area (Å²) in [4.78, 5) is 12.9. The second-order valence-electron chi connectivity index (χ2n) is 6.41. The number of carbonyl (C=O) groups excluding carboxylic acids is 1. The standard InChI is InChI=1S/C20H21ClN2O4/c1-13-12-20(25,15-5-7-16(21)8-6-15)23(22-13)19(24)11-14-4-9-17(26-2)18(10-14)27-3/h4-10,25H,11-12H2,1-3H3/t20-/m1/s1. The van der Waals surface area contributed by atoms with Crippen LogP contribution in [0.3, 0.4) is 0 Å². The Balaban J connectivity index is 1.87. The lowest BCUT2D eigenvalue weighted by molar-refractivity contribution is -0.157. The Morgan fingerprint density at radius 1 is 1.19 bits per heavy atom. The Morgan fingerprint density at radius 2 is 1.85 bits per heavy atom. The van der Waals surface area contributed by atoms with Gasteiger partial charge in [0.2, 0.25) is 5.91 Å². The van der Waals surface area contributed by atoms with Crippen molar-refractivity contribution in [2.24, 2.45) is 5.10 Å². The van der Waals surface area contributed by atoms with Crippen LogP contribution in [0.1, 0.15) is 24.5 Å². The summed E-state index contributed by atoms with van der Waals surface area (Å²) >= 11 is 5.94. The summed E-state index contributed by atoms with van der Waals surface area (Å²) in [6.07, 6.45) is 0.305. The molecule has 0 aliphatic carbocycles. The van der Waals surface area contributed by atoms with E-state index in [9.17, 15) is 9.90 Å². The predicted molar refractivity (Wildman–Crippen MR) is 103 cm³/mol. The van der Waals surface area contributed by atoms with Crippen LogP contribution in [0.15, 0.2) is 47.6 Å². The summed E-state index contributed by atoms with van der Waals surface area (Å²) in [6, 6.07) is 12.0. The van der Waals surface area contributed by atoms with Crippen molar-refractivity contribution >= 4 is 23.2 Å². The first-order valence-corrected chi connectivity index (χ1v) is 8.81. The summed E-state index contributed by atoms with van der Waals surface area (Å²) in [7, 11) is 3.09. The van der Waals surface area contributed by atoms with Gasteiger partial charge in [-0.15, -0.1) is 0 Å². The Kier molecular flexibility index (Phi) is 5.39. The van der Waals surface area contributed by atoms with Crippen molar-refractivity contribution in [2.45, 2.75) is 25.5 Å². The maximum Gasteiger partial charge on any atom is 0.250 e. The number of amides is 1. The van der Waals surface area contributed by atoms with Crippen LogP contribution >= 0.6 is 11.6 Å². The average Bonchev–Trinajstić information content (AvgIpc) is 2.97. The van der Waals surface area contributed by atoms with Gasteiger partial charge in [-0.1, -0.05) is 29.8 Å². The normalized spacial score (nSPS) is 19.0. The van der Waals surface area contributed by atoms with Crippen LogP contribution in [-0.2, 0) is 16.9 Å². The second-order valence-corrected chi connectivity index (χ2v) is 6.84. The molecular weight excluding hydrogens is 368 g/mol. The summed E-state index contributed by atoms with van der Waals surface area (Å²) < 4.78 is 10.5. The highest BCUT2D eigenvalue weighted by Gasteiger charge is 2.44. The Labute approximate surface area is 163 Å². The molecule has 0 fully saturated rings. The molecule has 0 bridgehead atoms. The minimum Gasteiger partial charge on any atom is -0.493 e. The first kappa shape index (κ1) is 19.2. The molecule has 1 atom stereocenters. The number of hydrogen-bond donors (Lipinski definition) is 1. The van der Waals surface area contributed by atoms with Gasteiger partial charge in [-0.2, -0.15) is 10.1 Å². The third-order valence-corrected chi connectivity index (χ3v) is 4.72. The molecule has 0 aromatic heterocycles. The molecule has 0 saturated heterocycles. The number of rotatable bonds is 5. The maximum atomic E-state index is 12.9. The fourth-order valence-electron chi connectivity index (χ4n) is 3.16. The fraction of sp³-hybridized carbons (Fsp3) is 0.300. The number of ether oxygens (including phenoxy) is 2. The number of methoxy groups -OCH3 is 2. The van der Waals surface area contributed by atoms with Crippen LogP contribution in [0.5, 0.6) is 11.5 Å². The minimum atomic E-state index is -1.53. The van der Waals surface area contributed by atoms with Gasteiger partial charge in [-0.25, -0.2) is 0 Å². The van der Waals surface area contributed by atoms with Crippen LogP contribution in [0, 0.1) is 0 Å². The summed E-state index contributed by atoms with van der Waals surface area (Å²) in [5, 5.41) is 17.2. The van der Waals surface area contributed by atoms with E-state index >= 15 is 0 Å². The molecule has 0 radical (unpaired) electrons. The number of benzene rings is 2. The Hall–Kier alpha value is -2.57. The molecule has 1 aliphatic rings. The highest BCUT2D eigenvalue weighted by atomic mass is 35.5. The molecule has 2 aromatic rings. The topological polar surface area (TPSA) is 71.4 Å². The zero-order valence-corrected chi connectivity index (χ0v) is 16.2. The number of carbonyl (C=O) groups is 1. The number of halogens is 1. The highest BCUT2D eigenvalue weighted by Crippen LogP contribution is 2.36. The SMILES string of the molecule is COc1ccc(CC(=O)N2N=C(C)C[C@@]2(O)c2ccc(Cl)cc2)cc1OC. The largest absolute Gasteiger partial charge is 0.493 e. The average molecular weight is 389 g/mol. The molecule has 0 saturated carbocycles. The molecule has 1 amide bonds. The van der Waals surface area contributed by atoms with Crippen molar-refractivity contribution in [3.8, 4) is 11.5 Å². The van der Waals surface area contributed by atoms with Gasteiger partial charge >= 0.3 is 0 Å². The van der Waals surface area contributed by atoms with E-state index in [0.29, 0.717) is 27.8 Å². The van der Waals surface area contributed by atoms with Crippen molar-refractivity contribution in [1.29, 1.82) is 0 Å². The van der Waals surface area contributed by atoms with Crippen LogP contribution in [0.4, 0.5) is 0 Å². The van der Waals surface area contributed by atoms with E-state index in [1.807, 2.05) is 0 Å². The number of aliphatic hydroxyl groups is 1. The van der Waals surface area contributed by atoms with Gasteiger partial charge in [-0.05, 0) is 36.8 Å². The van der Waals surface area contributed by atoms with Crippen molar-refractivity contribution in [3.63, 3.8) is 0 Å². The van der Waals surface area contributed by atoms with Gasteiger partial charge < -0.3 is 14.6 Å². The summed E-state index contributed by atoms with van der Waals surface area (Å²) in [5.41, 5.74) is 0.444. The minimum absolute atomic E-state index is 0.0625. The van der Waals surface area contributed by atoms with E-state index in [-0.39, 0.29) is 18.7 Å². The van der Waals surface area contributed by atoms with E-state index < -0.39 is 5.72 Å². The van der Waals surface area contributed by atoms with Gasteiger partial charge in [0.15, 0.2) is 17.2 Å². The van der Waals surface area contributed by atoms with Crippen LogP contribution in [0.2, 0.25) is 5.02 Å². The molecule has 7 heteroatoms. The molecule has 0 spiro atoms.